The van der Waals surface area contributed by atoms with Crippen molar-refractivity contribution in [2.45, 2.75) is 25.6 Å². The van der Waals surface area contributed by atoms with Crippen LogP contribution in [0.3, 0.4) is 0 Å². The second-order valence-corrected chi connectivity index (χ2v) is 4.55. The summed E-state index contributed by atoms with van der Waals surface area (Å²) in [5.74, 6) is 0. The third-order valence-corrected chi connectivity index (χ3v) is 2.11. The highest BCUT2D eigenvalue weighted by molar-refractivity contribution is 8.23. The van der Waals surface area contributed by atoms with Crippen molar-refractivity contribution in [2.24, 2.45) is 0 Å². The number of hydrogen-bond donors (Lipinski definition) is 0. The van der Waals surface area contributed by atoms with Crippen LogP contribution in [0.5, 0.6) is 0 Å². The molecule has 0 aliphatic carbocycles. The molecule has 0 N–H and O–H groups in total. The van der Waals surface area contributed by atoms with Gasteiger partial charge in [-0.2, -0.15) is 0 Å². The molecule has 0 aliphatic rings. The fourth-order valence-electron chi connectivity index (χ4n) is 0.374. The Morgan fingerprint density at radius 2 is 2.27 bits per heavy atom. The molecule has 0 aliphatic heterocycles. The largest absolute Gasteiger partial charge is 0.479 e. The fourth-order valence-corrected chi connectivity index (χ4v) is 1.73. The minimum atomic E-state index is -0.494. The average molecular weight is 189 g/mol. The van der Waals surface area contributed by atoms with Crippen molar-refractivity contribution in [3.05, 3.63) is 11.4 Å². The molecule has 0 rings (SSSR count). The maximum Gasteiger partial charge on any atom is 0.280 e. The Bertz CT molecular complexity index is 183. The second kappa shape index (κ2) is 4.58. The van der Waals surface area contributed by atoms with Gasteiger partial charge >= 0.3 is 0 Å². The van der Waals surface area contributed by atoms with Crippen LogP contribution >= 0.6 is 24.0 Å². The number of hydrogen-bond acceptors (Lipinski definition) is 3. The molecule has 0 aromatic rings. The van der Waals surface area contributed by atoms with Crippen LogP contribution in [0.2, 0.25) is 0 Å². The Labute approximate surface area is 77.1 Å². The van der Waals surface area contributed by atoms with Crippen LogP contribution in [-0.4, -0.2) is 15.9 Å². The van der Waals surface area contributed by atoms with Crippen LogP contribution in [0.4, 0.5) is 0 Å². The van der Waals surface area contributed by atoms with Gasteiger partial charge in [0.15, 0.2) is 0 Å². The van der Waals surface area contributed by atoms with E-state index in [1.165, 1.54) is 11.8 Å². The molecule has 0 radical (unpaired) electrons. The zero-order valence-corrected chi connectivity index (χ0v) is 8.51. The SMILES string of the molecule is [C-]#[N+]C(C)(C)SC(=S)OCC. The highest BCUT2D eigenvalue weighted by Crippen LogP contribution is 2.27. The Morgan fingerprint density at radius 1 is 1.73 bits per heavy atom. The average Bonchev–Trinajstić information content (AvgIpc) is 1.87. The quantitative estimate of drug-likeness (QED) is 0.490. The van der Waals surface area contributed by atoms with E-state index in [0.717, 1.165) is 0 Å². The minimum Gasteiger partial charge on any atom is -0.479 e. The smallest absolute Gasteiger partial charge is 0.280 e. The molecule has 0 heterocycles. The molecular weight excluding hydrogens is 178 g/mol. The van der Waals surface area contributed by atoms with Crippen molar-refractivity contribution < 1.29 is 4.74 Å². The molecule has 0 spiro atoms. The predicted octanol–water partition coefficient (Wildman–Crippen LogP) is 2.70. The molecule has 0 amide bonds. The zero-order chi connectivity index (χ0) is 8.91. The molecule has 2 nitrogen and oxygen atoms in total. The number of thiocarbonyl (C=S) groups is 1. The van der Waals surface area contributed by atoms with E-state index in [-0.39, 0.29) is 0 Å². The van der Waals surface area contributed by atoms with E-state index in [4.69, 9.17) is 23.5 Å². The lowest BCUT2D eigenvalue weighted by molar-refractivity contribution is 0.346. The maximum absolute atomic E-state index is 6.82. The molecule has 0 bridgehead atoms. The Hall–Kier alpha value is -0.270. The van der Waals surface area contributed by atoms with Crippen LogP contribution < -0.4 is 0 Å². The van der Waals surface area contributed by atoms with Gasteiger partial charge in [0, 0.05) is 25.6 Å². The molecule has 0 fully saturated rings. The molecule has 0 unspecified atom stereocenters. The first-order chi connectivity index (χ1) is 5.02. The maximum atomic E-state index is 6.82. The van der Waals surface area contributed by atoms with Gasteiger partial charge in [-0.25, -0.2) is 6.57 Å². The van der Waals surface area contributed by atoms with E-state index in [1.807, 2.05) is 20.8 Å². The summed E-state index contributed by atoms with van der Waals surface area (Å²) in [4.78, 5) is 2.89. The van der Waals surface area contributed by atoms with Crippen molar-refractivity contribution >= 4 is 28.4 Å². The van der Waals surface area contributed by atoms with E-state index in [1.54, 1.807) is 0 Å². The third-order valence-electron chi connectivity index (χ3n) is 0.865. The highest BCUT2D eigenvalue weighted by atomic mass is 32.2. The van der Waals surface area contributed by atoms with E-state index in [9.17, 15) is 0 Å². The number of nitrogens with zero attached hydrogens (tertiary/aromatic N) is 1. The van der Waals surface area contributed by atoms with Gasteiger partial charge in [-0.3, -0.25) is 4.85 Å². The van der Waals surface area contributed by atoms with Gasteiger partial charge in [-0.15, -0.1) is 0 Å². The summed E-state index contributed by atoms with van der Waals surface area (Å²) in [6, 6.07) is 0. The molecule has 62 valence electrons. The first-order valence-corrected chi connectivity index (χ1v) is 4.48. The standard InChI is InChI=1S/C7H11NOS2/c1-5-9-6(10)11-7(2,3)8-4/h5H2,1-3H3. The first-order valence-electron chi connectivity index (χ1n) is 3.26. The second-order valence-electron chi connectivity index (χ2n) is 2.34. The molecular formula is C7H11NOS2. The number of thioether (sulfide) groups is 1. The van der Waals surface area contributed by atoms with Gasteiger partial charge in [0.25, 0.3) is 4.87 Å². The summed E-state index contributed by atoms with van der Waals surface area (Å²) in [5, 5.41) is 0. The van der Waals surface area contributed by atoms with Crippen molar-refractivity contribution in [3.63, 3.8) is 0 Å². The summed E-state index contributed by atoms with van der Waals surface area (Å²) in [6.07, 6.45) is 0. The lowest BCUT2D eigenvalue weighted by Gasteiger charge is -2.10. The van der Waals surface area contributed by atoms with Gasteiger partial charge < -0.3 is 4.74 Å². The van der Waals surface area contributed by atoms with E-state index in [2.05, 4.69) is 4.85 Å². The Balaban J connectivity index is 3.86. The van der Waals surface area contributed by atoms with Crippen molar-refractivity contribution in [3.8, 4) is 0 Å². The Kier molecular flexibility index (Phi) is 4.46. The zero-order valence-electron chi connectivity index (χ0n) is 6.88. The van der Waals surface area contributed by atoms with E-state index in [0.29, 0.717) is 11.0 Å². The summed E-state index contributed by atoms with van der Waals surface area (Å²) in [7, 11) is 0. The molecule has 4 heteroatoms. The summed E-state index contributed by atoms with van der Waals surface area (Å²) in [6.45, 7) is 12.9. The van der Waals surface area contributed by atoms with Gasteiger partial charge in [0.2, 0.25) is 4.38 Å². The monoisotopic (exact) mass is 189 g/mol. The lowest BCUT2D eigenvalue weighted by Crippen LogP contribution is -2.12. The van der Waals surface area contributed by atoms with Gasteiger partial charge in [0.1, 0.15) is 0 Å². The summed E-state index contributed by atoms with van der Waals surface area (Å²) < 4.78 is 5.48. The first kappa shape index (κ1) is 10.7. The van der Waals surface area contributed by atoms with Crippen molar-refractivity contribution in [2.75, 3.05) is 6.61 Å². The fraction of sp³-hybridized carbons (Fsp3) is 0.714. The molecule has 0 saturated carbocycles. The van der Waals surface area contributed by atoms with Crippen molar-refractivity contribution in [1.29, 1.82) is 0 Å². The van der Waals surface area contributed by atoms with Crippen molar-refractivity contribution in [1.82, 2.24) is 0 Å². The summed E-state index contributed by atoms with van der Waals surface area (Å²) >= 11 is 6.15. The van der Waals surface area contributed by atoms with Gasteiger partial charge in [-0.05, 0) is 19.1 Å². The molecule has 0 aromatic carbocycles. The van der Waals surface area contributed by atoms with E-state index >= 15 is 0 Å². The molecule has 11 heavy (non-hydrogen) atoms. The lowest BCUT2D eigenvalue weighted by atomic mass is 10.4. The van der Waals surface area contributed by atoms with Gasteiger partial charge in [-0.1, -0.05) is 0 Å². The van der Waals surface area contributed by atoms with Crippen LogP contribution in [0, 0.1) is 6.57 Å². The molecule has 0 aromatic heterocycles. The van der Waals surface area contributed by atoms with Crippen LogP contribution in [-0.2, 0) is 4.74 Å². The Morgan fingerprint density at radius 3 is 2.64 bits per heavy atom. The van der Waals surface area contributed by atoms with E-state index < -0.39 is 4.87 Å². The minimum absolute atomic E-state index is 0.452. The van der Waals surface area contributed by atoms with Crippen LogP contribution in [0.1, 0.15) is 20.8 Å². The topological polar surface area (TPSA) is 13.6 Å². The van der Waals surface area contributed by atoms with Crippen LogP contribution in [0.25, 0.3) is 4.85 Å². The third kappa shape index (κ3) is 5.05. The molecule has 0 saturated heterocycles. The summed E-state index contributed by atoms with van der Waals surface area (Å²) in [5.41, 5.74) is 0. The molecule has 0 atom stereocenters. The van der Waals surface area contributed by atoms with Crippen LogP contribution in [0.15, 0.2) is 0 Å². The van der Waals surface area contributed by atoms with Gasteiger partial charge in [0.05, 0.1) is 6.61 Å². The predicted molar refractivity (Wildman–Crippen MR) is 52.5 cm³/mol. The normalized spacial score (nSPS) is 10.4. The highest BCUT2D eigenvalue weighted by Gasteiger charge is 2.26. The number of ether oxygens (including phenoxy) is 1. The number of rotatable bonds is 2.